The fourth-order valence-corrected chi connectivity index (χ4v) is 3.38. The molecule has 0 aromatic heterocycles. The van der Waals surface area contributed by atoms with Gasteiger partial charge in [-0.1, -0.05) is 42.5 Å². The highest BCUT2D eigenvalue weighted by Crippen LogP contribution is 2.25. The van der Waals surface area contributed by atoms with Gasteiger partial charge in [-0.3, -0.25) is 4.79 Å². The number of benzene rings is 2. The van der Waals surface area contributed by atoms with Crippen molar-refractivity contribution in [2.45, 2.75) is 32.4 Å². The smallest absolute Gasteiger partial charge is 0.239 e. The van der Waals surface area contributed by atoms with E-state index in [-0.39, 0.29) is 5.91 Å². The van der Waals surface area contributed by atoms with Crippen LogP contribution in [-0.4, -0.2) is 26.1 Å². The molecule has 1 amide bonds. The molecule has 0 saturated heterocycles. The summed E-state index contributed by atoms with van der Waals surface area (Å²) in [5.41, 5.74) is 4.77. The predicted octanol–water partition coefficient (Wildman–Crippen LogP) is 3.29. The summed E-state index contributed by atoms with van der Waals surface area (Å²) in [4.78, 5) is 14.7. The van der Waals surface area contributed by atoms with Crippen LogP contribution in [0.4, 0.5) is 5.69 Å². The molecule has 1 N–H and O–H groups in total. The highest BCUT2D eigenvalue weighted by molar-refractivity contribution is 5.81. The summed E-state index contributed by atoms with van der Waals surface area (Å²) in [5.74, 6) is 0.0592. The lowest BCUT2D eigenvalue weighted by Crippen LogP contribution is -2.37. The van der Waals surface area contributed by atoms with E-state index in [1.165, 1.54) is 17.7 Å². The summed E-state index contributed by atoms with van der Waals surface area (Å²) in [7, 11) is 1.69. The molecule has 0 fully saturated rings. The van der Waals surface area contributed by atoms with Crippen molar-refractivity contribution in [3.63, 3.8) is 0 Å². The Morgan fingerprint density at radius 2 is 1.84 bits per heavy atom. The maximum absolute atomic E-state index is 12.5. The maximum atomic E-state index is 12.5. The molecule has 2 aromatic carbocycles. The molecule has 0 spiro atoms. The fourth-order valence-electron chi connectivity index (χ4n) is 3.38. The molecule has 0 aliphatic carbocycles. The zero-order chi connectivity index (χ0) is 17.5. The first-order chi connectivity index (χ1) is 12.3. The quantitative estimate of drug-likeness (QED) is 0.879. The van der Waals surface area contributed by atoms with E-state index in [1.54, 1.807) is 7.11 Å². The first kappa shape index (κ1) is 17.5. The lowest BCUT2D eigenvalue weighted by Gasteiger charge is -2.24. The summed E-state index contributed by atoms with van der Waals surface area (Å²) in [6, 6.07) is 16.5. The number of carbonyl (C=O) groups excluding carboxylic acids is 1. The summed E-state index contributed by atoms with van der Waals surface area (Å²) >= 11 is 0. The standard InChI is InChI=1S/C21H26N2O2/c1-25-16-19-11-3-2-10-18(19)14-22-21(24)15-23-13-7-6-9-17-8-4-5-12-20(17)23/h2-5,8,10-12H,6-7,9,13-16H2,1H3,(H,22,24). The SMILES string of the molecule is COCc1ccccc1CNC(=O)CN1CCCCc2ccccc21. The van der Waals surface area contributed by atoms with Crippen molar-refractivity contribution >= 4 is 11.6 Å². The molecule has 0 atom stereocenters. The number of hydrogen-bond acceptors (Lipinski definition) is 3. The molecule has 1 heterocycles. The Balaban J connectivity index is 1.62. The van der Waals surface area contributed by atoms with E-state index in [0.717, 1.165) is 30.5 Å². The molecule has 4 nitrogen and oxygen atoms in total. The Labute approximate surface area is 149 Å². The number of anilines is 1. The van der Waals surface area contributed by atoms with E-state index >= 15 is 0 Å². The van der Waals surface area contributed by atoms with Crippen LogP contribution in [0.2, 0.25) is 0 Å². The zero-order valence-electron chi connectivity index (χ0n) is 14.8. The van der Waals surface area contributed by atoms with Gasteiger partial charge in [0.2, 0.25) is 5.91 Å². The number of amides is 1. The van der Waals surface area contributed by atoms with Gasteiger partial charge in [-0.2, -0.15) is 0 Å². The number of fused-ring (bicyclic) bond motifs is 1. The van der Waals surface area contributed by atoms with Gasteiger partial charge in [-0.25, -0.2) is 0 Å². The Hall–Kier alpha value is -2.33. The average Bonchev–Trinajstić information content (AvgIpc) is 2.84. The van der Waals surface area contributed by atoms with E-state index < -0.39 is 0 Å². The fraction of sp³-hybridized carbons (Fsp3) is 0.381. The monoisotopic (exact) mass is 338 g/mol. The van der Waals surface area contributed by atoms with Gasteiger partial charge < -0.3 is 15.0 Å². The largest absolute Gasteiger partial charge is 0.380 e. The number of aryl methyl sites for hydroxylation is 1. The molecule has 3 rings (SSSR count). The second-order valence-corrected chi connectivity index (χ2v) is 6.49. The molecule has 25 heavy (non-hydrogen) atoms. The van der Waals surface area contributed by atoms with Crippen molar-refractivity contribution in [3.05, 3.63) is 65.2 Å². The minimum absolute atomic E-state index is 0.0592. The highest BCUT2D eigenvalue weighted by atomic mass is 16.5. The number of hydrogen-bond donors (Lipinski definition) is 1. The Morgan fingerprint density at radius 3 is 2.68 bits per heavy atom. The Morgan fingerprint density at radius 1 is 1.08 bits per heavy atom. The lowest BCUT2D eigenvalue weighted by atomic mass is 10.1. The van der Waals surface area contributed by atoms with Crippen LogP contribution in [0.5, 0.6) is 0 Å². The number of para-hydroxylation sites is 1. The van der Waals surface area contributed by atoms with Crippen molar-refractivity contribution in [2.75, 3.05) is 25.1 Å². The molecule has 0 bridgehead atoms. The third-order valence-corrected chi connectivity index (χ3v) is 4.69. The van der Waals surface area contributed by atoms with E-state index in [2.05, 4.69) is 34.5 Å². The molecule has 1 aliphatic rings. The van der Waals surface area contributed by atoms with Gasteiger partial charge in [-0.15, -0.1) is 0 Å². The number of nitrogens with zero attached hydrogens (tertiary/aromatic N) is 1. The van der Waals surface area contributed by atoms with Gasteiger partial charge in [0.15, 0.2) is 0 Å². The van der Waals surface area contributed by atoms with Crippen molar-refractivity contribution in [3.8, 4) is 0 Å². The highest BCUT2D eigenvalue weighted by Gasteiger charge is 2.17. The topological polar surface area (TPSA) is 41.6 Å². The van der Waals surface area contributed by atoms with E-state index in [9.17, 15) is 4.79 Å². The van der Waals surface area contributed by atoms with Gasteiger partial charge in [0.1, 0.15) is 0 Å². The van der Waals surface area contributed by atoms with E-state index in [1.807, 2.05) is 24.3 Å². The minimum Gasteiger partial charge on any atom is -0.380 e. The summed E-state index contributed by atoms with van der Waals surface area (Å²) in [6.07, 6.45) is 3.40. The Bertz CT molecular complexity index is 715. The van der Waals surface area contributed by atoms with Crippen LogP contribution in [-0.2, 0) is 29.1 Å². The Kier molecular flexibility index (Phi) is 6.07. The van der Waals surface area contributed by atoms with E-state index in [0.29, 0.717) is 19.7 Å². The molecular weight excluding hydrogens is 312 g/mol. The van der Waals surface area contributed by atoms with Crippen molar-refractivity contribution in [1.29, 1.82) is 0 Å². The van der Waals surface area contributed by atoms with Gasteiger partial charge in [0.05, 0.1) is 13.2 Å². The third-order valence-electron chi connectivity index (χ3n) is 4.69. The predicted molar refractivity (Wildman–Crippen MR) is 101 cm³/mol. The number of methoxy groups -OCH3 is 1. The number of ether oxygens (including phenoxy) is 1. The molecule has 1 aliphatic heterocycles. The van der Waals surface area contributed by atoms with Crippen LogP contribution >= 0.6 is 0 Å². The van der Waals surface area contributed by atoms with Gasteiger partial charge in [0.25, 0.3) is 0 Å². The number of nitrogens with one attached hydrogen (secondary N) is 1. The molecule has 0 saturated carbocycles. The van der Waals surface area contributed by atoms with E-state index in [4.69, 9.17) is 4.74 Å². The minimum atomic E-state index is 0.0592. The van der Waals surface area contributed by atoms with Crippen LogP contribution in [0.1, 0.15) is 29.5 Å². The van der Waals surface area contributed by atoms with Crippen molar-refractivity contribution < 1.29 is 9.53 Å². The normalized spacial score (nSPS) is 13.9. The average molecular weight is 338 g/mol. The van der Waals surface area contributed by atoms with Crippen LogP contribution in [0.3, 0.4) is 0 Å². The second kappa shape index (κ2) is 8.67. The summed E-state index contributed by atoms with van der Waals surface area (Å²) < 4.78 is 5.23. The van der Waals surface area contributed by atoms with Gasteiger partial charge >= 0.3 is 0 Å². The maximum Gasteiger partial charge on any atom is 0.239 e. The summed E-state index contributed by atoms with van der Waals surface area (Å²) in [5, 5.41) is 3.06. The molecular formula is C21H26N2O2. The first-order valence-electron chi connectivity index (χ1n) is 8.93. The lowest BCUT2D eigenvalue weighted by molar-refractivity contribution is -0.119. The van der Waals surface area contributed by atoms with Crippen molar-refractivity contribution in [2.24, 2.45) is 0 Å². The molecule has 132 valence electrons. The van der Waals surface area contributed by atoms with Crippen LogP contribution in [0.25, 0.3) is 0 Å². The second-order valence-electron chi connectivity index (χ2n) is 6.49. The zero-order valence-corrected chi connectivity index (χ0v) is 14.8. The first-order valence-corrected chi connectivity index (χ1v) is 8.93. The van der Waals surface area contributed by atoms with Gasteiger partial charge in [0, 0.05) is 25.9 Å². The van der Waals surface area contributed by atoms with Crippen LogP contribution < -0.4 is 10.2 Å². The molecule has 4 heteroatoms. The molecule has 2 aromatic rings. The van der Waals surface area contributed by atoms with Crippen LogP contribution in [0.15, 0.2) is 48.5 Å². The molecule has 0 radical (unpaired) electrons. The van der Waals surface area contributed by atoms with Crippen LogP contribution in [0, 0.1) is 0 Å². The van der Waals surface area contributed by atoms with Crippen molar-refractivity contribution in [1.82, 2.24) is 5.32 Å². The number of rotatable bonds is 6. The summed E-state index contributed by atoms with van der Waals surface area (Å²) in [6.45, 7) is 2.44. The number of carbonyl (C=O) groups is 1. The third kappa shape index (κ3) is 4.60. The molecule has 0 unspecified atom stereocenters. The van der Waals surface area contributed by atoms with Gasteiger partial charge in [-0.05, 0) is 42.0 Å².